The number of hydrogen-bond acceptors (Lipinski definition) is 2. The second-order valence-electron chi connectivity index (χ2n) is 4.03. The molecule has 0 bridgehead atoms. The van der Waals surface area contributed by atoms with E-state index < -0.39 is 10.2 Å². The standard InChI is InChI=1S/C11H18N2O2S/c1-9-5-6-11(7-10(9)2)8-12-16(14,15)13(3)4/h5-7,12H,8H2,1-4H3. The van der Waals surface area contributed by atoms with Crippen LogP contribution in [0.3, 0.4) is 0 Å². The Labute approximate surface area is 97.5 Å². The van der Waals surface area contributed by atoms with Crippen LogP contribution in [0.4, 0.5) is 0 Å². The first-order valence-electron chi connectivity index (χ1n) is 5.06. The maximum atomic E-state index is 11.5. The monoisotopic (exact) mass is 242 g/mol. The van der Waals surface area contributed by atoms with Gasteiger partial charge in [0.25, 0.3) is 10.2 Å². The fourth-order valence-corrected chi connectivity index (χ4v) is 1.82. The molecule has 0 aromatic heterocycles. The van der Waals surface area contributed by atoms with Crippen molar-refractivity contribution in [1.29, 1.82) is 0 Å². The van der Waals surface area contributed by atoms with Crippen LogP contribution in [-0.2, 0) is 16.8 Å². The van der Waals surface area contributed by atoms with E-state index in [4.69, 9.17) is 0 Å². The number of benzene rings is 1. The van der Waals surface area contributed by atoms with Crippen molar-refractivity contribution >= 4 is 10.2 Å². The second-order valence-corrected chi connectivity index (χ2v) is 6.00. The molecule has 0 amide bonds. The Morgan fingerprint density at radius 3 is 2.31 bits per heavy atom. The molecular formula is C11H18N2O2S. The van der Waals surface area contributed by atoms with Gasteiger partial charge in [-0.15, -0.1) is 0 Å². The lowest BCUT2D eigenvalue weighted by Gasteiger charge is -2.12. The molecule has 1 aromatic carbocycles. The third-order valence-electron chi connectivity index (χ3n) is 2.51. The van der Waals surface area contributed by atoms with Gasteiger partial charge in [0.15, 0.2) is 0 Å². The third kappa shape index (κ3) is 3.30. The number of rotatable bonds is 4. The highest BCUT2D eigenvalue weighted by Crippen LogP contribution is 2.09. The van der Waals surface area contributed by atoms with Crippen LogP contribution in [0.15, 0.2) is 18.2 Å². The average Bonchev–Trinajstić information content (AvgIpc) is 2.20. The molecule has 1 rings (SSSR count). The van der Waals surface area contributed by atoms with Gasteiger partial charge in [-0.1, -0.05) is 18.2 Å². The first-order chi connectivity index (χ1) is 7.33. The van der Waals surface area contributed by atoms with Crippen molar-refractivity contribution in [2.75, 3.05) is 14.1 Å². The molecule has 0 saturated carbocycles. The van der Waals surface area contributed by atoms with E-state index in [-0.39, 0.29) is 0 Å². The average molecular weight is 242 g/mol. The van der Waals surface area contributed by atoms with E-state index in [1.807, 2.05) is 32.0 Å². The predicted molar refractivity (Wildman–Crippen MR) is 65.4 cm³/mol. The van der Waals surface area contributed by atoms with Crippen molar-refractivity contribution in [2.24, 2.45) is 0 Å². The molecule has 0 radical (unpaired) electrons. The highest BCUT2D eigenvalue weighted by Gasteiger charge is 2.11. The van der Waals surface area contributed by atoms with Crippen molar-refractivity contribution < 1.29 is 8.42 Å². The number of nitrogens with one attached hydrogen (secondary N) is 1. The summed E-state index contributed by atoms with van der Waals surface area (Å²) in [5.74, 6) is 0. The molecule has 4 nitrogen and oxygen atoms in total. The molecular weight excluding hydrogens is 224 g/mol. The van der Waals surface area contributed by atoms with Crippen LogP contribution < -0.4 is 4.72 Å². The lowest BCUT2D eigenvalue weighted by molar-refractivity contribution is 0.505. The largest absolute Gasteiger partial charge is 0.279 e. The van der Waals surface area contributed by atoms with Crippen LogP contribution in [0.5, 0.6) is 0 Å². The number of nitrogens with zero attached hydrogens (tertiary/aromatic N) is 1. The topological polar surface area (TPSA) is 49.4 Å². The molecule has 90 valence electrons. The van der Waals surface area contributed by atoms with Gasteiger partial charge >= 0.3 is 0 Å². The van der Waals surface area contributed by atoms with Gasteiger partial charge in [0.05, 0.1) is 0 Å². The molecule has 16 heavy (non-hydrogen) atoms. The zero-order valence-corrected chi connectivity index (χ0v) is 10.9. The molecule has 0 fully saturated rings. The molecule has 0 saturated heterocycles. The van der Waals surface area contributed by atoms with Crippen LogP contribution >= 0.6 is 0 Å². The first-order valence-corrected chi connectivity index (χ1v) is 6.50. The quantitative estimate of drug-likeness (QED) is 0.862. The van der Waals surface area contributed by atoms with Gasteiger partial charge in [-0.3, -0.25) is 0 Å². The molecule has 0 unspecified atom stereocenters. The first kappa shape index (κ1) is 13.2. The van der Waals surface area contributed by atoms with Gasteiger partial charge in [-0.25, -0.2) is 0 Å². The van der Waals surface area contributed by atoms with E-state index >= 15 is 0 Å². The van der Waals surface area contributed by atoms with Gasteiger partial charge in [-0.05, 0) is 30.5 Å². The second kappa shape index (κ2) is 4.95. The molecule has 0 spiro atoms. The highest BCUT2D eigenvalue weighted by molar-refractivity contribution is 7.87. The summed E-state index contributed by atoms with van der Waals surface area (Å²) < 4.78 is 26.6. The van der Waals surface area contributed by atoms with Crippen LogP contribution in [-0.4, -0.2) is 26.8 Å². The summed E-state index contributed by atoms with van der Waals surface area (Å²) in [6.07, 6.45) is 0. The number of hydrogen-bond donors (Lipinski definition) is 1. The lowest BCUT2D eigenvalue weighted by atomic mass is 10.1. The van der Waals surface area contributed by atoms with Crippen LogP contribution in [0, 0.1) is 13.8 Å². The summed E-state index contributed by atoms with van der Waals surface area (Å²) in [6.45, 7) is 4.37. The van der Waals surface area contributed by atoms with E-state index in [0.717, 1.165) is 9.87 Å². The van der Waals surface area contributed by atoms with E-state index in [1.165, 1.54) is 25.2 Å². The zero-order valence-electron chi connectivity index (χ0n) is 10.1. The Bertz CT molecular complexity index is 467. The van der Waals surface area contributed by atoms with E-state index in [1.54, 1.807) is 0 Å². The Morgan fingerprint density at radius 2 is 1.81 bits per heavy atom. The van der Waals surface area contributed by atoms with Gasteiger partial charge in [0.1, 0.15) is 0 Å². The molecule has 0 heterocycles. The summed E-state index contributed by atoms with van der Waals surface area (Å²) in [7, 11) is -0.331. The molecule has 0 aliphatic carbocycles. The van der Waals surface area contributed by atoms with Gasteiger partial charge in [0.2, 0.25) is 0 Å². The zero-order chi connectivity index (χ0) is 12.3. The molecule has 0 aliphatic rings. The summed E-state index contributed by atoms with van der Waals surface area (Å²) in [5.41, 5.74) is 3.34. The number of aryl methyl sites for hydroxylation is 2. The van der Waals surface area contributed by atoms with E-state index in [2.05, 4.69) is 4.72 Å². The highest BCUT2D eigenvalue weighted by atomic mass is 32.2. The van der Waals surface area contributed by atoms with Gasteiger partial charge < -0.3 is 0 Å². The van der Waals surface area contributed by atoms with E-state index in [9.17, 15) is 8.42 Å². The summed E-state index contributed by atoms with van der Waals surface area (Å²) in [5, 5.41) is 0. The Kier molecular flexibility index (Phi) is 4.07. The molecule has 1 aromatic rings. The Balaban J connectivity index is 2.73. The molecule has 0 aliphatic heterocycles. The minimum Gasteiger partial charge on any atom is -0.198 e. The van der Waals surface area contributed by atoms with Crippen molar-refractivity contribution in [3.63, 3.8) is 0 Å². The Morgan fingerprint density at radius 1 is 1.19 bits per heavy atom. The predicted octanol–water partition coefficient (Wildman–Crippen LogP) is 1.20. The van der Waals surface area contributed by atoms with Crippen molar-refractivity contribution in [1.82, 2.24) is 9.03 Å². The molecule has 0 atom stereocenters. The van der Waals surface area contributed by atoms with E-state index in [0.29, 0.717) is 6.54 Å². The van der Waals surface area contributed by atoms with Gasteiger partial charge in [0, 0.05) is 20.6 Å². The fraction of sp³-hybridized carbons (Fsp3) is 0.455. The smallest absolute Gasteiger partial charge is 0.198 e. The summed E-state index contributed by atoms with van der Waals surface area (Å²) in [4.78, 5) is 0. The molecule has 1 N–H and O–H groups in total. The van der Waals surface area contributed by atoms with Crippen molar-refractivity contribution in [2.45, 2.75) is 20.4 Å². The normalized spacial score (nSPS) is 12.1. The van der Waals surface area contributed by atoms with Gasteiger partial charge in [-0.2, -0.15) is 17.4 Å². The maximum Gasteiger partial charge on any atom is 0.279 e. The van der Waals surface area contributed by atoms with Crippen LogP contribution in [0.1, 0.15) is 16.7 Å². The van der Waals surface area contributed by atoms with Crippen molar-refractivity contribution in [3.05, 3.63) is 34.9 Å². The minimum absolute atomic E-state index is 0.321. The summed E-state index contributed by atoms with van der Waals surface area (Å²) >= 11 is 0. The lowest BCUT2D eigenvalue weighted by Crippen LogP contribution is -2.35. The third-order valence-corrected chi connectivity index (χ3v) is 3.98. The van der Waals surface area contributed by atoms with Crippen molar-refractivity contribution in [3.8, 4) is 0 Å². The molecule has 5 heteroatoms. The van der Waals surface area contributed by atoms with Crippen LogP contribution in [0.25, 0.3) is 0 Å². The maximum absolute atomic E-state index is 11.5. The fourth-order valence-electron chi connectivity index (χ4n) is 1.22. The SMILES string of the molecule is Cc1ccc(CNS(=O)(=O)N(C)C)cc1C. The summed E-state index contributed by atoms with van der Waals surface area (Å²) in [6, 6.07) is 5.92. The Hall–Kier alpha value is -0.910. The van der Waals surface area contributed by atoms with Crippen LogP contribution in [0.2, 0.25) is 0 Å². The minimum atomic E-state index is -3.34.